The zero-order valence-electron chi connectivity index (χ0n) is 16.9. The molecule has 0 bridgehead atoms. The highest BCUT2D eigenvalue weighted by Crippen LogP contribution is 2.12. The maximum Gasteiger partial charge on any atom is 0.191 e. The molecule has 0 saturated carbocycles. The summed E-state index contributed by atoms with van der Waals surface area (Å²) in [4.78, 5) is 4.58. The lowest BCUT2D eigenvalue weighted by Gasteiger charge is -2.12. The molecule has 1 aliphatic rings. The van der Waals surface area contributed by atoms with Crippen molar-refractivity contribution in [1.29, 1.82) is 0 Å². The van der Waals surface area contributed by atoms with Crippen LogP contribution in [-0.2, 0) is 9.47 Å². The number of ether oxygens (including phenoxy) is 3. The summed E-state index contributed by atoms with van der Waals surface area (Å²) in [5, 5.41) is 6.59. The van der Waals surface area contributed by atoms with E-state index in [0.717, 1.165) is 77.7 Å². The third kappa shape index (κ3) is 9.90. The van der Waals surface area contributed by atoms with Crippen LogP contribution in [0.1, 0.15) is 32.6 Å². The maximum absolute atomic E-state index is 12.8. The number of rotatable bonds is 13. The number of guanidine groups is 1. The molecule has 0 aliphatic carbocycles. The average Bonchev–Trinajstić information content (AvgIpc) is 3.22. The van der Waals surface area contributed by atoms with E-state index in [9.17, 15) is 4.39 Å². The van der Waals surface area contributed by atoms with E-state index in [1.165, 1.54) is 12.1 Å². The molecule has 1 aromatic rings. The number of hydrogen-bond donors (Lipinski definition) is 2. The SMILES string of the molecule is CCNC(=NCCCOCC1CCOC1)NCCCCOc1ccc(F)cc1. The Labute approximate surface area is 167 Å². The van der Waals surface area contributed by atoms with Crippen LogP contribution in [0.15, 0.2) is 29.3 Å². The highest BCUT2D eigenvalue weighted by atomic mass is 19.1. The zero-order chi connectivity index (χ0) is 19.9. The summed E-state index contributed by atoms with van der Waals surface area (Å²) in [6, 6.07) is 6.11. The molecule has 1 heterocycles. The molecular formula is C21H34FN3O3. The number of benzene rings is 1. The molecule has 2 N–H and O–H groups in total. The molecule has 1 unspecified atom stereocenters. The van der Waals surface area contributed by atoms with Crippen LogP contribution in [0.4, 0.5) is 4.39 Å². The molecule has 1 atom stereocenters. The third-order valence-corrected chi connectivity index (χ3v) is 4.38. The molecule has 7 heteroatoms. The Morgan fingerprint density at radius 1 is 1.18 bits per heavy atom. The number of aliphatic imine (C=N–C) groups is 1. The molecule has 1 fully saturated rings. The van der Waals surface area contributed by atoms with Crippen LogP contribution in [-0.4, -0.2) is 58.6 Å². The first-order valence-electron chi connectivity index (χ1n) is 10.3. The maximum atomic E-state index is 12.8. The van der Waals surface area contributed by atoms with E-state index >= 15 is 0 Å². The van der Waals surface area contributed by atoms with Crippen LogP contribution >= 0.6 is 0 Å². The van der Waals surface area contributed by atoms with Gasteiger partial charge in [0.25, 0.3) is 0 Å². The zero-order valence-corrected chi connectivity index (χ0v) is 16.9. The topological polar surface area (TPSA) is 64.1 Å². The minimum absolute atomic E-state index is 0.248. The first-order chi connectivity index (χ1) is 13.8. The average molecular weight is 396 g/mol. The monoisotopic (exact) mass is 395 g/mol. The Hall–Kier alpha value is -1.86. The summed E-state index contributed by atoms with van der Waals surface area (Å²) in [6.07, 6.45) is 3.91. The van der Waals surface area contributed by atoms with Crippen LogP contribution < -0.4 is 15.4 Å². The minimum Gasteiger partial charge on any atom is -0.494 e. The van der Waals surface area contributed by atoms with Crippen molar-refractivity contribution in [1.82, 2.24) is 10.6 Å². The molecule has 0 radical (unpaired) electrons. The van der Waals surface area contributed by atoms with Gasteiger partial charge in [0.15, 0.2) is 5.96 Å². The van der Waals surface area contributed by atoms with Gasteiger partial charge < -0.3 is 24.8 Å². The second-order valence-corrected chi connectivity index (χ2v) is 6.86. The van der Waals surface area contributed by atoms with Gasteiger partial charge in [-0.3, -0.25) is 4.99 Å². The van der Waals surface area contributed by atoms with Crippen LogP contribution in [0.2, 0.25) is 0 Å². The molecule has 1 aromatic carbocycles. The van der Waals surface area contributed by atoms with Crippen LogP contribution in [0.5, 0.6) is 5.75 Å². The van der Waals surface area contributed by atoms with Gasteiger partial charge in [-0.1, -0.05) is 0 Å². The molecule has 1 saturated heterocycles. The first kappa shape index (κ1) is 22.4. The van der Waals surface area contributed by atoms with E-state index in [2.05, 4.69) is 22.5 Å². The van der Waals surface area contributed by atoms with Gasteiger partial charge in [0, 0.05) is 38.8 Å². The lowest BCUT2D eigenvalue weighted by atomic mass is 10.1. The molecule has 158 valence electrons. The summed E-state index contributed by atoms with van der Waals surface area (Å²) < 4.78 is 29.5. The first-order valence-corrected chi connectivity index (χ1v) is 10.3. The number of nitrogens with one attached hydrogen (secondary N) is 2. The van der Waals surface area contributed by atoms with Gasteiger partial charge in [-0.25, -0.2) is 4.39 Å². The van der Waals surface area contributed by atoms with Crippen LogP contribution in [0.25, 0.3) is 0 Å². The van der Waals surface area contributed by atoms with Crippen LogP contribution in [0, 0.1) is 11.7 Å². The van der Waals surface area contributed by atoms with Crippen molar-refractivity contribution in [2.45, 2.75) is 32.6 Å². The van der Waals surface area contributed by atoms with Crippen molar-refractivity contribution >= 4 is 5.96 Å². The fourth-order valence-corrected chi connectivity index (χ4v) is 2.82. The highest BCUT2D eigenvalue weighted by molar-refractivity contribution is 5.79. The van der Waals surface area contributed by atoms with Crippen molar-refractivity contribution in [3.63, 3.8) is 0 Å². The molecular weight excluding hydrogens is 361 g/mol. The summed E-state index contributed by atoms with van der Waals surface area (Å²) in [5.74, 6) is 1.86. The molecule has 0 spiro atoms. The Bertz CT molecular complexity index is 548. The second-order valence-electron chi connectivity index (χ2n) is 6.86. The van der Waals surface area contributed by atoms with E-state index < -0.39 is 0 Å². The summed E-state index contributed by atoms with van der Waals surface area (Å²) in [6.45, 7) is 8.31. The number of nitrogens with zero attached hydrogens (tertiary/aromatic N) is 1. The predicted octanol–water partition coefficient (Wildman–Crippen LogP) is 2.98. The quantitative estimate of drug-likeness (QED) is 0.305. The van der Waals surface area contributed by atoms with Gasteiger partial charge in [0.1, 0.15) is 11.6 Å². The fourth-order valence-electron chi connectivity index (χ4n) is 2.82. The number of hydrogen-bond acceptors (Lipinski definition) is 4. The Balaban J connectivity index is 1.49. The van der Waals surface area contributed by atoms with Crippen molar-refractivity contribution in [2.24, 2.45) is 10.9 Å². The standard InChI is InChI=1S/C21H34FN3O3/c1-2-23-21(25-12-5-13-26-16-18-10-15-27-17-18)24-11-3-4-14-28-20-8-6-19(22)7-9-20/h6-9,18H,2-5,10-17H2,1H3,(H2,23,24,25). The summed E-state index contributed by atoms with van der Waals surface area (Å²) >= 11 is 0. The lowest BCUT2D eigenvalue weighted by Crippen LogP contribution is -2.38. The molecule has 0 amide bonds. The van der Waals surface area contributed by atoms with Gasteiger partial charge in [-0.2, -0.15) is 0 Å². The van der Waals surface area contributed by atoms with Crippen molar-refractivity contribution in [3.8, 4) is 5.75 Å². The molecule has 1 aliphatic heterocycles. The summed E-state index contributed by atoms with van der Waals surface area (Å²) in [7, 11) is 0. The van der Waals surface area contributed by atoms with Crippen molar-refractivity contribution in [3.05, 3.63) is 30.1 Å². The fraction of sp³-hybridized carbons (Fsp3) is 0.667. The molecule has 28 heavy (non-hydrogen) atoms. The van der Waals surface area contributed by atoms with Gasteiger partial charge in [-0.05, 0) is 56.9 Å². The Morgan fingerprint density at radius 2 is 2.04 bits per heavy atom. The normalized spacial score (nSPS) is 16.9. The van der Waals surface area contributed by atoms with E-state index in [1.54, 1.807) is 12.1 Å². The molecule has 6 nitrogen and oxygen atoms in total. The minimum atomic E-state index is -0.248. The van der Waals surface area contributed by atoms with Crippen LogP contribution in [0.3, 0.4) is 0 Å². The smallest absolute Gasteiger partial charge is 0.191 e. The number of unbranched alkanes of at least 4 members (excludes halogenated alkanes) is 1. The largest absolute Gasteiger partial charge is 0.494 e. The second kappa shape index (κ2) is 14.2. The van der Waals surface area contributed by atoms with E-state index in [-0.39, 0.29) is 5.82 Å². The molecule has 2 rings (SSSR count). The van der Waals surface area contributed by atoms with E-state index in [0.29, 0.717) is 18.3 Å². The van der Waals surface area contributed by atoms with Crippen molar-refractivity contribution < 1.29 is 18.6 Å². The van der Waals surface area contributed by atoms with Gasteiger partial charge in [-0.15, -0.1) is 0 Å². The lowest BCUT2D eigenvalue weighted by molar-refractivity contribution is 0.0893. The van der Waals surface area contributed by atoms with Gasteiger partial charge >= 0.3 is 0 Å². The highest BCUT2D eigenvalue weighted by Gasteiger charge is 2.15. The van der Waals surface area contributed by atoms with Gasteiger partial charge in [0.05, 0.1) is 19.8 Å². The third-order valence-electron chi connectivity index (χ3n) is 4.38. The molecule has 0 aromatic heterocycles. The Morgan fingerprint density at radius 3 is 2.79 bits per heavy atom. The Kier molecular flexibility index (Phi) is 11.4. The number of halogens is 1. The predicted molar refractivity (Wildman–Crippen MR) is 109 cm³/mol. The van der Waals surface area contributed by atoms with Crippen molar-refractivity contribution in [2.75, 3.05) is 52.7 Å². The summed E-state index contributed by atoms with van der Waals surface area (Å²) in [5.41, 5.74) is 0. The van der Waals surface area contributed by atoms with Gasteiger partial charge in [0.2, 0.25) is 0 Å². The van der Waals surface area contributed by atoms with E-state index in [1.807, 2.05) is 0 Å². The van der Waals surface area contributed by atoms with E-state index in [4.69, 9.17) is 14.2 Å².